The van der Waals surface area contributed by atoms with E-state index < -0.39 is 36.0 Å². The molecule has 1 aromatic rings. The Labute approximate surface area is 440 Å². The molecule has 11 atom stereocenters. The third-order valence-corrected chi connectivity index (χ3v) is 19.3. The zero-order chi connectivity index (χ0) is 53.0. The Balaban J connectivity index is 0.929. The number of amides is 8. The Morgan fingerprint density at radius 1 is 0.836 bits per heavy atom. The number of rotatable bonds is 25. The summed E-state index contributed by atoms with van der Waals surface area (Å²) in [7, 11) is 1.46. The molecule has 7 N–H and O–H groups in total. The van der Waals surface area contributed by atoms with E-state index in [-0.39, 0.29) is 66.7 Å². The second-order valence-corrected chi connectivity index (χ2v) is 25.0. The topological polar surface area (TPSA) is 218 Å². The first-order valence-corrected chi connectivity index (χ1v) is 28.7. The third-order valence-electron chi connectivity index (χ3n) is 17.8. The van der Waals surface area contributed by atoms with Crippen molar-refractivity contribution in [3.8, 4) is 0 Å². The average Bonchev–Trinajstić information content (AvgIpc) is 3.84. The summed E-state index contributed by atoms with van der Waals surface area (Å²) in [6.07, 6.45) is 18.7. The second-order valence-electron chi connectivity index (χ2n) is 23.5. The van der Waals surface area contributed by atoms with Crippen LogP contribution < -0.4 is 32.3 Å². The molecule has 0 spiro atoms. The fraction of sp³-hybridized carbons (Fsp3) is 0.737. The minimum absolute atomic E-state index is 0.0424. The fourth-order valence-corrected chi connectivity index (χ4v) is 15.2. The zero-order valence-electron chi connectivity index (χ0n) is 45.3. The number of hydrogen-bond donors (Lipinski definition) is 6. The Kier molecular flexibility index (Phi) is 20.7. The van der Waals surface area contributed by atoms with E-state index >= 15 is 0 Å². The lowest BCUT2D eigenvalue weighted by Crippen LogP contribution is -2.54. The molecule has 0 bridgehead atoms. The monoisotopic (exact) mass is 1030 g/mol. The number of nitrogens with zero attached hydrogens (tertiary/aromatic N) is 1. The largest absolute Gasteiger partial charge is 0.445 e. The van der Waals surface area contributed by atoms with Crippen LogP contribution in [-0.2, 0) is 35.3 Å². The Bertz CT molecular complexity index is 2130. The van der Waals surface area contributed by atoms with Gasteiger partial charge in [0, 0.05) is 43.9 Å². The molecule has 0 aromatic heterocycles. The number of hydrogen-bond acceptors (Lipinski definition) is 9. The molecule has 1 saturated heterocycles. The van der Waals surface area contributed by atoms with Crippen molar-refractivity contribution in [1.82, 2.24) is 26.2 Å². The van der Waals surface area contributed by atoms with E-state index in [0.29, 0.717) is 54.1 Å². The molecule has 4 aliphatic carbocycles. The van der Waals surface area contributed by atoms with Crippen LogP contribution in [-0.4, -0.2) is 89.3 Å². The predicted molar refractivity (Wildman–Crippen MR) is 288 cm³/mol. The van der Waals surface area contributed by atoms with Crippen molar-refractivity contribution in [1.29, 1.82) is 0 Å². The molecule has 1 aromatic carbocycles. The van der Waals surface area contributed by atoms with Crippen molar-refractivity contribution in [2.45, 2.75) is 193 Å². The standard InChI is InChI=1S/C57H89N7O8S/c1-35(2)14-12-15-37(5)43-24-25-44-42-23-20-39-32-41(26-28-56(39,6)45(42)27-29-57(43,44)7)73-47-33-49(66)64(53(47)69)31-11-9-10-17-48(65)63-50(36(3)4)52(68)62-46(16-13-30-60-54(58)70)51(67)61-40-21-18-38(19-22-40)34-72-55(71)59-8/h18-22,35-37,41-47,50H,9-17,23-34H2,1-8H3,(H,59,71)(H,61,67)(H,62,68)(H,63,65)(H3,58,60,70). The van der Waals surface area contributed by atoms with E-state index in [1.165, 1.54) is 63.3 Å². The minimum Gasteiger partial charge on any atom is -0.445 e. The molecule has 1 aliphatic heterocycles. The van der Waals surface area contributed by atoms with Gasteiger partial charge in [-0.05, 0) is 147 Å². The summed E-state index contributed by atoms with van der Waals surface area (Å²) < 4.78 is 5.06. The number of unbranched alkanes of at least 4 members (excludes halogenated alkanes) is 2. The van der Waals surface area contributed by atoms with Crippen molar-refractivity contribution in [3.05, 3.63) is 41.5 Å². The number of primary amides is 1. The molecule has 3 saturated carbocycles. The summed E-state index contributed by atoms with van der Waals surface area (Å²) >= 11 is 1.73. The number of allylic oxidation sites excluding steroid dienone is 2. The quantitative estimate of drug-likeness (QED) is 0.0312. The van der Waals surface area contributed by atoms with E-state index in [2.05, 4.69) is 67.3 Å². The van der Waals surface area contributed by atoms with Gasteiger partial charge < -0.3 is 37.1 Å². The zero-order valence-corrected chi connectivity index (χ0v) is 46.1. The summed E-state index contributed by atoms with van der Waals surface area (Å²) in [5.41, 5.74) is 8.69. The number of ether oxygens (including phenoxy) is 1. The van der Waals surface area contributed by atoms with Crippen molar-refractivity contribution >= 4 is 59.1 Å². The summed E-state index contributed by atoms with van der Waals surface area (Å²) in [6.45, 7) is 16.6. The SMILES string of the molecule is CNC(=O)OCc1ccc(NC(=O)C(CCCNC(N)=O)NC(=O)C(NC(=O)CCCCCN2C(=O)CC(SC3CCC4(C)C(=CCC5C4CCC4(C)C(C(C)CCCC(C)C)CCC54)C3)C2=O)C(C)C)cc1. The van der Waals surface area contributed by atoms with Gasteiger partial charge in [0.05, 0.1) is 5.25 Å². The number of thioether (sulfide) groups is 1. The number of urea groups is 1. The molecule has 6 rings (SSSR count). The Morgan fingerprint density at radius 3 is 2.29 bits per heavy atom. The van der Waals surface area contributed by atoms with Crippen molar-refractivity contribution in [3.63, 3.8) is 0 Å². The van der Waals surface area contributed by atoms with E-state index in [1.54, 1.807) is 55.4 Å². The molecule has 16 heteroatoms. The smallest absolute Gasteiger partial charge is 0.407 e. The lowest BCUT2D eigenvalue weighted by Gasteiger charge is -2.58. The highest BCUT2D eigenvalue weighted by molar-refractivity contribution is 8.01. The van der Waals surface area contributed by atoms with Gasteiger partial charge in [-0.15, -0.1) is 11.8 Å². The first-order chi connectivity index (χ1) is 34.7. The lowest BCUT2D eigenvalue weighted by atomic mass is 9.47. The van der Waals surface area contributed by atoms with Gasteiger partial charge in [-0.1, -0.05) is 97.9 Å². The summed E-state index contributed by atoms with van der Waals surface area (Å²) in [6, 6.07) is 4.07. The number of carbonyl (C=O) groups is 7. The van der Waals surface area contributed by atoms with E-state index in [1.807, 2.05) is 0 Å². The van der Waals surface area contributed by atoms with Crippen LogP contribution in [0.25, 0.3) is 0 Å². The maximum Gasteiger partial charge on any atom is 0.407 e. The highest BCUT2D eigenvalue weighted by Gasteiger charge is 2.59. The van der Waals surface area contributed by atoms with Crippen LogP contribution in [0.3, 0.4) is 0 Å². The number of imide groups is 1. The maximum absolute atomic E-state index is 13.7. The highest BCUT2D eigenvalue weighted by atomic mass is 32.2. The lowest BCUT2D eigenvalue weighted by molar-refractivity contribution is -0.138. The first-order valence-electron chi connectivity index (χ1n) is 27.8. The van der Waals surface area contributed by atoms with Gasteiger partial charge in [0.15, 0.2) is 0 Å². The predicted octanol–water partition coefficient (Wildman–Crippen LogP) is 9.39. The number of carbonyl (C=O) groups excluding carboxylic acids is 7. The average molecular weight is 1030 g/mol. The van der Waals surface area contributed by atoms with Gasteiger partial charge >= 0.3 is 12.1 Å². The molecular weight excluding hydrogens is 943 g/mol. The first kappa shape index (κ1) is 57.7. The van der Waals surface area contributed by atoms with E-state index in [4.69, 9.17) is 10.5 Å². The Morgan fingerprint density at radius 2 is 1.59 bits per heavy atom. The number of anilines is 1. The minimum atomic E-state index is -1.00. The van der Waals surface area contributed by atoms with Crippen molar-refractivity contribution < 1.29 is 38.3 Å². The molecule has 8 amide bonds. The number of benzene rings is 1. The summed E-state index contributed by atoms with van der Waals surface area (Å²) in [5.74, 6) is 2.98. The number of nitrogens with two attached hydrogens (primary N) is 1. The van der Waals surface area contributed by atoms with Crippen LogP contribution in [0, 0.1) is 52.3 Å². The van der Waals surface area contributed by atoms with Gasteiger partial charge in [0.1, 0.15) is 18.7 Å². The van der Waals surface area contributed by atoms with Crippen LogP contribution in [0.1, 0.15) is 170 Å². The van der Waals surface area contributed by atoms with Gasteiger partial charge in [-0.2, -0.15) is 0 Å². The van der Waals surface area contributed by atoms with E-state index in [0.717, 1.165) is 54.8 Å². The van der Waals surface area contributed by atoms with Gasteiger partial charge in [-0.3, -0.25) is 28.9 Å². The van der Waals surface area contributed by atoms with Crippen molar-refractivity contribution in [2.24, 2.45) is 58.0 Å². The normalized spacial score (nSPS) is 27.8. The third kappa shape index (κ3) is 14.8. The number of likely N-dealkylation sites (tertiary alicyclic amines) is 1. The molecule has 73 heavy (non-hydrogen) atoms. The van der Waals surface area contributed by atoms with Gasteiger partial charge in [0.25, 0.3) is 0 Å². The molecule has 1 heterocycles. The number of nitrogens with one attached hydrogen (secondary N) is 5. The fourth-order valence-electron chi connectivity index (χ4n) is 13.7. The van der Waals surface area contributed by atoms with Crippen LogP contribution >= 0.6 is 11.8 Å². The molecule has 15 nitrogen and oxygen atoms in total. The maximum atomic E-state index is 13.7. The van der Waals surface area contributed by atoms with Crippen LogP contribution in [0.5, 0.6) is 0 Å². The molecule has 406 valence electrons. The molecule has 5 aliphatic rings. The molecule has 4 fully saturated rings. The Hall–Kier alpha value is -4.60. The summed E-state index contributed by atoms with van der Waals surface area (Å²) in [4.78, 5) is 91.5. The van der Waals surface area contributed by atoms with Crippen LogP contribution in [0.15, 0.2) is 35.9 Å². The van der Waals surface area contributed by atoms with Crippen LogP contribution in [0.4, 0.5) is 15.3 Å². The van der Waals surface area contributed by atoms with Gasteiger partial charge in [-0.25, -0.2) is 9.59 Å². The number of alkyl carbamates (subject to hydrolysis) is 1. The van der Waals surface area contributed by atoms with Crippen LogP contribution in [0.2, 0.25) is 0 Å². The summed E-state index contributed by atoms with van der Waals surface area (Å²) in [5, 5.41) is 13.3. The molecule has 0 radical (unpaired) electrons. The van der Waals surface area contributed by atoms with Gasteiger partial charge in [0.2, 0.25) is 29.5 Å². The van der Waals surface area contributed by atoms with Crippen molar-refractivity contribution in [2.75, 3.05) is 25.5 Å². The number of fused-ring (bicyclic) bond motifs is 5. The molecular formula is C57H89N7O8S. The molecule has 11 unspecified atom stereocenters. The highest BCUT2D eigenvalue weighted by Crippen LogP contribution is 2.67. The van der Waals surface area contributed by atoms with E-state index in [9.17, 15) is 33.6 Å². The second kappa shape index (κ2) is 26.2.